The van der Waals surface area contributed by atoms with Gasteiger partial charge in [0.2, 0.25) is 0 Å². The summed E-state index contributed by atoms with van der Waals surface area (Å²) >= 11 is 0. The van der Waals surface area contributed by atoms with Crippen LogP contribution in [-0.4, -0.2) is 4.57 Å². The Balaban J connectivity index is 0.914. The van der Waals surface area contributed by atoms with Gasteiger partial charge in [-0.1, -0.05) is 170 Å². The van der Waals surface area contributed by atoms with E-state index in [0.29, 0.717) is 0 Å². The third kappa shape index (κ3) is 6.57. The quantitative estimate of drug-likeness (QED) is 0.143. The molecule has 2 heteroatoms. The van der Waals surface area contributed by atoms with Crippen LogP contribution in [0.15, 0.2) is 231 Å². The summed E-state index contributed by atoms with van der Waals surface area (Å²) in [6.45, 7) is 3.92. The molecule has 0 aliphatic heterocycles. The van der Waals surface area contributed by atoms with Crippen LogP contribution in [0, 0.1) is 0 Å². The molecule has 2 nitrogen and oxygen atoms in total. The fourth-order valence-electron chi connectivity index (χ4n) is 8.16. The van der Waals surface area contributed by atoms with E-state index in [1.807, 2.05) is 6.08 Å². The molecule has 0 aliphatic rings. The molecule has 0 saturated carbocycles. The van der Waals surface area contributed by atoms with Crippen LogP contribution in [-0.2, 0) is 0 Å². The van der Waals surface area contributed by atoms with E-state index >= 15 is 0 Å². The smallest absolute Gasteiger partial charge is 0.0541 e. The molecule has 0 aliphatic carbocycles. The van der Waals surface area contributed by atoms with Gasteiger partial charge in [0.15, 0.2) is 0 Å². The molecule has 1 aromatic heterocycles. The minimum atomic E-state index is 1.11. The molecule has 0 radical (unpaired) electrons. The third-order valence-electron chi connectivity index (χ3n) is 11.2. The Morgan fingerprint density at radius 3 is 1.26 bits per heavy atom. The Hall–Kier alpha value is -7.68. The molecule has 0 bridgehead atoms. The molecular formula is C56H40N2. The first kappa shape index (κ1) is 34.8. The van der Waals surface area contributed by atoms with E-state index in [0.717, 1.165) is 28.3 Å². The highest BCUT2D eigenvalue weighted by Crippen LogP contribution is 2.38. The Bertz CT molecular complexity index is 3000. The van der Waals surface area contributed by atoms with E-state index in [-0.39, 0.29) is 0 Å². The number of rotatable bonds is 9. The predicted molar refractivity (Wildman–Crippen MR) is 247 cm³/mol. The largest absolute Gasteiger partial charge is 0.311 e. The standard InChI is InChI=1S/C56H40N2/c1-2-40-17-32-52(33-18-40)58-55-16-10-9-15-53(55)54-39-48(31-38-56(54)58)47-25-23-44(24-26-47)46-29-36-51(37-30-46)57(49-13-7-4-8-14-49)50-34-27-45(28-35-50)43-21-19-42(20-22-43)41-11-5-3-6-12-41/h2-39H,1H2. The summed E-state index contributed by atoms with van der Waals surface area (Å²) in [4.78, 5) is 2.32. The lowest BCUT2D eigenvalue weighted by Gasteiger charge is -2.26. The molecule has 0 N–H and O–H groups in total. The fourth-order valence-corrected chi connectivity index (χ4v) is 8.16. The fraction of sp³-hybridized carbons (Fsp3) is 0. The van der Waals surface area contributed by atoms with Crippen LogP contribution in [0.2, 0.25) is 0 Å². The topological polar surface area (TPSA) is 8.17 Å². The summed E-state index contributed by atoms with van der Waals surface area (Å²) in [7, 11) is 0. The van der Waals surface area contributed by atoms with Crippen LogP contribution in [0.3, 0.4) is 0 Å². The van der Waals surface area contributed by atoms with Crippen molar-refractivity contribution in [3.05, 3.63) is 237 Å². The molecule has 9 aromatic carbocycles. The molecular weight excluding hydrogens is 701 g/mol. The number of benzene rings is 9. The Morgan fingerprint density at radius 2 is 0.724 bits per heavy atom. The summed E-state index contributed by atoms with van der Waals surface area (Å²) in [6.07, 6.45) is 1.88. The molecule has 58 heavy (non-hydrogen) atoms. The molecule has 274 valence electrons. The van der Waals surface area contributed by atoms with Crippen molar-refractivity contribution in [1.29, 1.82) is 0 Å². The second kappa shape index (κ2) is 15.1. The van der Waals surface area contributed by atoms with Crippen molar-refractivity contribution >= 4 is 44.9 Å². The van der Waals surface area contributed by atoms with Gasteiger partial charge in [0.1, 0.15) is 0 Å². The minimum absolute atomic E-state index is 1.11. The summed E-state index contributed by atoms with van der Waals surface area (Å²) in [5.74, 6) is 0. The molecule has 1 heterocycles. The van der Waals surface area contributed by atoms with Gasteiger partial charge in [-0.2, -0.15) is 0 Å². The molecule has 0 saturated heterocycles. The lowest BCUT2D eigenvalue weighted by molar-refractivity contribution is 1.18. The maximum atomic E-state index is 3.92. The van der Waals surface area contributed by atoms with E-state index in [1.54, 1.807) is 0 Å². The van der Waals surface area contributed by atoms with Crippen LogP contribution < -0.4 is 4.90 Å². The number of para-hydroxylation sites is 2. The van der Waals surface area contributed by atoms with E-state index in [1.165, 1.54) is 66.3 Å². The van der Waals surface area contributed by atoms with Gasteiger partial charge in [-0.25, -0.2) is 0 Å². The second-order valence-corrected chi connectivity index (χ2v) is 14.7. The van der Waals surface area contributed by atoms with Crippen molar-refractivity contribution in [2.24, 2.45) is 0 Å². The van der Waals surface area contributed by atoms with E-state index in [2.05, 4.69) is 241 Å². The normalized spacial score (nSPS) is 11.2. The van der Waals surface area contributed by atoms with E-state index < -0.39 is 0 Å². The highest BCUT2D eigenvalue weighted by molar-refractivity contribution is 6.10. The van der Waals surface area contributed by atoms with Gasteiger partial charge in [-0.05, 0) is 117 Å². The minimum Gasteiger partial charge on any atom is -0.311 e. The number of hydrogen-bond acceptors (Lipinski definition) is 1. The van der Waals surface area contributed by atoms with Crippen molar-refractivity contribution in [3.63, 3.8) is 0 Å². The Kier molecular flexibility index (Phi) is 9.06. The van der Waals surface area contributed by atoms with E-state index in [4.69, 9.17) is 0 Å². The van der Waals surface area contributed by atoms with Crippen molar-refractivity contribution in [2.45, 2.75) is 0 Å². The molecule has 0 atom stereocenters. The SMILES string of the molecule is C=Cc1ccc(-n2c3ccccc3c3cc(-c4ccc(-c5ccc(N(c6ccccc6)c6ccc(-c7ccc(-c8ccccc8)cc7)cc6)cc5)cc4)ccc32)cc1. The van der Waals surface area contributed by atoms with Crippen LogP contribution >= 0.6 is 0 Å². The van der Waals surface area contributed by atoms with Crippen molar-refractivity contribution < 1.29 is 0 Å². The number of hydrogen-bond donors (Lipinski definition) is 0. The zero-order valence-electron chi connectivity index (χ0n) is 32.0. The first-order valence-corrected chi connectivity index (χ1v) is 19.8. The lowest BCUT2D eigenvalue weighted by Crippen LogP contribution is -2.09. The second-order valence-electron chi connectivity index (χ2n) is 14.7. The van der Waals surface area contributed by atoms with Crippen molar-refractivity contribution in [2.75, 3.05) is 4.90 Å². The molecule has 0 amide bonds. The molecule has 0 unspecified atom stereocenters. The average molecular weight is 741 g/mol. The maximum Gasteiger partial charge on any atom is 0.0541 e. The van der Waals surface area contributed by atoms with Crippen molar-refractivity contribution in [1.82, 2.24) is 4.57 Å². The molecule has 0 fully saturated rings. The van der Waals surface area contributed by atoms with Crippen LogP contribution in [0.25, 0.3) is 78.1 Å². The Labute approximate surface area is 339 Å². The highest BCUT2D eigenvalue weighted by atomic mass is 15.1. The monoisotopic (exact) mass is 740 g/mol. The Morgan fingerprint density at radius 1 is 0.328 bits per heavy atom. The van der Waals surface area contributed by atoms with Gasteiger partial charge in [-0.15, -0.1) is 0 Å². The van der Waals surface area contributed by atoms with Crippen molar-refractivity contribution in [3.8, 4) is 50.2 Å². The zero-order valence-corrected chi connectivity index (χ0v) is 32.0. The summed E-state index contributed by atoms with van der Waals surface area (Å²) in [5.41, 5.74) is 17.6. The molecule has 0 spiro atoms. The van der Waals surface area contributed by atoms with Gasteiger partial charge in [0, 0.05) is 33.5 Å². The van der Waals surface area contributed by atoms with Gasteiger partial charge in [0.25, 0.3) is 0 Å². The number of nitrogens with zero attached hydrogens (tertiary/aromatic N) is 2. The summed E-state index contributed by atoms with van der Waals surface area (Å²) in [5, 5.41) is 2.49. The van der Waals surface area contributed by atoms with Crippen LogP contribution in [0.1, 0.15) is 5.56 Å². The first-order chi connectivity index (χ1) is 28.7. The average Bonchev–Trinajstić information content (AvgIpc) is 3.64. The van der Waals surface area contributed by atoms with Crippen LogP contribution in [0.4, 0.5) is 17.1 Å². The van der Waals surface area contributed by atoms with Gasteiger partial charge < -0.3 is 9.47 Å². The third-order valence-corrected chi connectivity index (χ3v) is 11.2. The first-order valence-electron chi connectivity index (χ1n) is 19.8. The van der Waals surface area contributed by atoms with Gasteiger partial charge in [0.05, 0.1) is 11.0 Å². The number of aromatic nitrogens is 1. The number of anilines is 3. The predicted octanol–water partition coefficient (Wildman–Crippen LogP) is 15.6. The zero-order chi connectivity index (χ0) is 38.8. The number of fused-ring (bicyclic) bond motifs is 3. The van der Waals surface area contributed by atoms with Crippen LogP contribution in [0.5, 0.6) is 0 Å². The van der Waals surface area contributed by atoms with E-state index in [9.17, 15) is 0 Å². The van der Waals surface area contributed by atoms with Gasteiger partial charge >= 0.3 is 0 Å². The van der Waals surface area contributed by atoms with Gasteiger partial charge in [-0.3, -0.25) is 0 Å². The summed E-state index contributed by atoms with van der Waals surface area (Å²) in [6, 6.07) is 80.8. The molecule has 10 aromatic rings. The summed E-state index contributed by atoms with van der Waals surface area (Å²) < 4.78 is 2.36. The molecule has 10 rings (SSSR count). The maximum absolute atomic E-state index is 3.92. The lowest BCUT2D eigenvalue weighted by atomic mass is 9.98. The highest BCUT2D eigenvalue weighted by Gasteiger charge is 2.15.